The first-order valence-corrected chi connectivity index (χ1v) is 10.1. The summed E-state index contributed by atoms with van der Waals surface area (Å²) in [5.41, 5.74) is 1.11. The third kappa shape index (κ3) is 8.62. The third-order valence-corrected chi connectivity index (χ3v) is 5.72. The van der Waals surface area contributed by atoms with Crippen LogP contribution in [0.15, 0.2) is 35.3 Å². The number of rotatable bonds is 8. The van der Waals surface area contributed by atoms with E-state index in [0.717, 1.165) is 24.6 Å². The van der Waals surface area contributed by atoms with Crippen LogP contribution in [0.2, 0.25) is 0 Å². The first-order chi connectivity index (χ1) is 12.1. The topological polar surface area (TPSA) is 65.5 Å². The number of benzene rings is 1. The summed E-state index contributed by atoms with van der Waals surface area (Å²) in [6.07, 6.45) is 2.94. The normalized spacial score (nSPS) is 19.5. The molecule has 7 heteroatoms. The van der Waals surface area contributed by atoms with Crippen LogP contribution in [0.3, 0.4) is 0 Å². The van der Waals surface area contributed by atoms with Gasteiger partial charge in [0.2, 0.25) is 5.91 Å². The van der Waals surface area contributed by atoms with E-state index in [-0.39, 0.29) is 34.6 Å². The molecule has 1 unspecified atom stereocenters. The molecule has 1 aromatic carbocycles. The van der Waals surface area contributed by atoms with Gasteiger partial charge in [-0.3, -0.25) is 9.79 Å². The maximum atomic E-state index is 12.0. The lowest BCUT2D eigenvalue weighted by Gasteiger charge is -2.21. The van der Waals surface area contributed by atoms with E-state index in [1.165, 1.54) is 18.6 Å². The molecule has 1 aromatic rings. The molecule has 146 valence electrons. The van der Waals surface area contributed by atoms with Crippen LogP contribution in [0.25, 0.3) is 0 Å². The average Bonchev–Trinajstić information content (AvgIpc) is 3.06. The zero-order valence-corrected chi connectivity index (χ0v) is 18.9. The monoisotopic (exact) mass is 490 g/mol. The minimum Gasteiger partial charge on any atom is -0.357 e. The highest BCUT2D eigenvalue weighted by atomic mass is 127. The van der Waals surface area contributed by atoms with Gasteiger partial charge in [0.05, 0.1) is 6.54 Å². The maximum absolute atomic E-state index is 12.0. The van der Waals surface area contributed by atoms with E-state index in [4.69, 9.17) is 4.99 Å². The second-order valence-electron chi connectivity index (χ2n) is 6.54. The van der Waals surface area contributed by atoms with Crippen molar-refractivity contribution in [3.63, 3.8) is 0 Å². The summed E-state index contributed by atoms with van der Waals surface area (Å²) in [4.78, 5) is 16.7. The van der Waals surface area contributed by atoms with E-state index < -0.39 is 0 Å². The molecule has 1 heterocycles. The molecule has 0 spiro atoms. The van der Waals surface area contributed by atoms with Gasteiger partial charge in [-0.1, -0.05) is 30.3 Å². The summed E-state index contributed by atoms with van der Waals surface area (Å²) >= 11 is 2.01. The Morgan fingerprint density at radius 2 is 2.00 bits per heavy atom. The van der Waals surface area contributed by atoms with Gasteiger partial charge in [-0.2, -0.15) is 11.8 Å². The van der Waals surface area contributed by atoms with Crippen molar-refractivity contribution >= 4 is 47.6 Å². The average molecular weight is 490 g/mol. The Kier molecular flexibility index (Phi) is 11.0. The van der Waals surface area contributed by atoms with Gasteiger partial charge in [0.1, 0.15) is 0 Å². The predicted octanol–water partition coefficient (Wildman–Crippen LogP) is 3.15. The van der Waals surface area contributed by atoms with Crippen molar-refractivity contribution in [1.82, 2.24) is 16.0 Å². The fourth-order valence-corrected chi connectivity index (χ4v) is 3.95. The Hall–Kier alpha value is -0.960. The first-order valence-electron chi connectivity index (χ1n) is 9.08. The Morgan fingerprint density at radius 3 is 2.65 bits per heavy atom. The van der Waals surface area contributed by atoms with Crippen LogP contribution in [0.1, 0.15) is 38.7 Å². The van der Waals surface area contributed by atoms with E-state index in [1.807, 2.05) is 42.1 Å². The quantitative estimate of drug-likeness (QED) is 0.298. The molecule has 5 nitrogen and oxygen atoms in total. The Balaban J connectivity index is 0.00000338. The fraction of sp³-hybridized carbons (Fsp3) is 0.579. The number of halogens is 1. The molecule has 0 radical (unpaired) electrons. The molecular formula is C19H31IN4OS. The van der Waals surface area contributed by atoms with Crippen LogP contribution in [-0.4, -0.2) is 42.0 Å². The van der Waals surface area contributed by atoms with Gasteiger partial charge in [-0.25, -0.2) is 0 Å². The molecule has 2 rings (SSSR count). The number of nitrogens with one attached hydrogen (secondary N) is 3. The number of carbonyl (C=O) groups is 1. The van der Waals surface area contributed by atoms with E-state index in [0.29, 0.717) is 19.5 Å². The minimum atomic E-state index is 0. The van der Waals surface area contributed by atoms with Gasteiger partial charge in [0.15, 0.2) is 5.96 Å². The summed E-state index contributed by atoms with van der Waals surface area (Å²) in [5, 5.41) is 9.46. The molecule has 0 aromatic heterocycles. The SMILES string of the molecule is CCNC(=NCC1(C)CCCS1)NCCC(=O)NCc1ccccc1.I. The molecule has 1 aliphatic heterocycles. The van der Waals surface area contributed by atoms with Crippen molar-refractivity contribution < 1.29 is 4.79 Å². The second-order valence-corrected chi connectivity index (χ2v) is 8.22. The summed E-state index contributed by atoms with van der Waals surface area (Å²) in [7, 11) is 0. The lowest BCUT2D eigenvalue weighted by molar-refractivity contribution is -0.121. The Bertz CT molecular complexity index is 562. The maximum Gasteiger partial charge on any atom is 0.222 e. The molecule has 1 amide bonds. The lowest BCUT2D eigenvalue weighted by atomic mass is 10.1. The zero-order valence-electron chi connectivity index (χ0n) is 15.7. The second kappa shape index (κ2) is 12.4. The predicted molar refractivity (Wildman–Crippen MR) is 122 cm³/mol. The van der Waals surface area contributed by atoms with Gasteiger partial charge in [0, 0.05) is 30.8 Å². The van der Waals surface area contributed by atoms with Crippen LogP contribution in [0, 0.1) is 0 Å². The molecule has 1 atom stereocenters. The highest BCUT2D eigenvalue weighted by Crippen LogP contribution is 2.37. The molecule has 0 bridgehead atoms. The van der Waals surface area contributed by atoms with Gasteiger partial charge < -0.3 is 16.0 Å². The molecule has 1 saturated heterocycles. The number of guanidine groups is 1. The van der Waals surface area contributed by atoms with Crippen molar-refractivity contribution in [2.45, 2.75) is 44.4 Å². The standard InChI is InChI=1S/C19H30N4OS.HI/c1-3-20-18(23-15-19(2)11-7-13-25-19)21-12-10-17(24)22-14-16-8-5-4-6-9-16;/h4-6,8-9H,3,7,10-15H2,1-2H3,(H,22,24)(H2,20,21,23);1H. The van der Waals surface area contributed by atoms with Crippen molar-refractivity contribution in [2.75, 3.05) is 25.4 Å². The Labute approximate surface area is 178 Å². The molecule has 1 aliphatic rings. The summed E-state index contributed by atoms with van der Waals surface area (Å²) in [5.74, 6) is 2.08. The third-order valence-electron chi connectivity index (χ3n) is 4.19. The number of amides is 1. The van der Waals surface area contributed by atoms with Crippen LogP contribution < -0.4 is 16.0 Å². The van der Waals surface area contributed by atoms with Crippen LogP contribution in [0.4, 0.5) is 0 Å². The van der Waals surface area contributed by atoms with E-state index in [9.17, 15) is 4.79 Å². The highest BCUT2D eigenvalue weighted by molar-refractivity contribution is 14.0. The molecule has 26 heavy (non-hydrogen) atoms. The number of carbonyl (C=O) groups excluding carboxylic acids is 1. The fourth-order valence-electron chi connectivity index (χ4n) is 2.73. The van der Waals surface area contributed by atoms with Crippen molar-refractivity contribution in [2.24, 2.45) is 4.99 Å². The smallest absolute Gasteiger partial charge is 0.222 e. The summed E-state index contributed by atoms with van der Waals surface area (Å²) in [6.45, 7) is 7.12. The molecule has 3 N–H and O–H groups in total. The van der Waals surface area contributed by atoms with Crippen LogP contribution in [0.5, 0.6) is 0 Å². The van der Waals surface area contributed by atoms with E-state index >= 15 is 0 Å². The lowest BCUT2D eigenvalue weighted by Crippen LogP contribution is -2.40. The van der Waals surface area contributed by atoms with Gasteiger partial charge >= 0.3 is 0 Å². The van der Waals surface area contributed by atoms with Crippen LogP contribution >= 0.6 is 35.7 Å². The van der Waals surface area contributed by atoms with Crippen molar-refractivity contribution in [1.29, 1.82) is 0 Å². The van der Waals surface area contributed by atoms with Gasteiger partial charge in [-0.05, 0) is 38.0 Å². The molecule has 1 fully saturated rings. The summed E-state index contributed by atoms with van der Waals surface area (Å²) in [6, 6.07) is 9.95. The number of hydrogen-bond acceptors (Lipinski definition) is 3. The van der Waals surface area contributed by atoms with E-state index in [1.54, 1.807) is 0 Å². The zero-order chi connectivity index (χ0) is 18.0. The number of hydrogen-bond donors (Lipinski definition) is 3. The molecule has 0 aliphatic carbocycles. The largest absolute Gasteiger partial charge is 0.357 e. The van der Waals surface area contributed by atoms with Crippen molar-refractivity contribution in [3.05, 3.63) is 35.9 Å². The van der Waals surface area contributed by atoms with Gasteiger partial charge in [0.25, 0.3) is 0 Å². The van der Waals surface area contributed by atoms with Crippen molar-refractivity contribution in [3.8, 4) is 0 Å². The first kappa shape index (κ1) is 23.1. The van der Waals surface area contributed by atoms with E-state index in [2.05, 4.69) is 29.8 Å². The number of thioether (sulfide) groups is 1. The van der Waals surface area contributed by atoms with Gasteiger partial charge in [-0.15, -0.1) is 24.0 Å². The molecular weight excluding hydrogens is 459 g/mol. The molecule has 0 saturated carbocycles. The summed E-state index contributed by atoms with van der Waals surface area (Å²) < 4.78 is 0.259. The Morgan fingerprint density at radius 1 is 1.23 bits per heavy atom. The number of nitrogens with zero attached hydrogens (tertiary/aromatic N) is 1. The van der Waals surface area contributed by atoms with Crippen LogP contribution in [-0.2, 0) is 11.3 Å². The highest BCUT2D eigenvalue weighted by Gasteiger charge is 2.29. The minimum absolute atomic E-state index is 0. The number of aliphatic imine (C=N–C) groups is 1.